The predicted octanol–water partition coefficient (Wildman–Crippen LogP) is 3.42. The van der Waals surface area contributed by atoms with Crippen molar-refractivity contribution < 1.29 is 18.7 Å². The summed E-state index contributed by atoms with van der Waals surface area (Å²) in [5.41, 5.74) is 4.91. The fraction of sp³-hybridized carbons (Fsp3) is 0.333. The van der Waals surface area contributed by atoms with Crippen molar-refractivity contribution in [3.63, 3.8) is 0 Å². The third kappa shape index (κ3) is 4.73. The maximum Gasteiger partial charge on any atom is 0.227 e. The molecule has 0 radical (unpaired) electrons. The summed E-state index contributed by atoms with van der Waals surface area (Å²) in [6.45, 7) is 2.34. The number of rotatable bonds is 6. The van der Waals surface area contributed by atoms with E-state index in [1.807, 2.05) is 31.2 Å². The van der Waals surface area contributed by atoms with Crippen molar-refractivity contribution in [2.24, 2.45) is 5.92 Å². The normalized spacial score (nSPS) is 19.2. The van der Waals surface area contributed by atoms with Crippen molar-refractivity contribution >= 4 is 17.9 Å². The van der Waals surface area contributed by atoms with E-state index in [2.05, 4.69) is 20.5 Å². The van der Waals surface area contributed by atoms with Crippen LogP contribution in [0.15, 0.2) is 42.6 Å². The van der Waals surface area contributed by atoms with Crippen LogP contribution >= 0.6 is 0 Å². The first-order valence-electron chi connectivity index (χ1n) is 12.0. The number of methoxy groups -OCH3 is 1. The summed E-state index contributed by atoms with van der Waals surface area (Å²) in [4.78, 5) is 31.6. The number of carbonyl (C=O) groups is 2. The van der Waals surface area contributed by atoms with Crippen molar-refractivity contribution in [2.75, 3.05) is 13.7 Å². The quantitative estimate of drug-likeness (QED) is 0.553. The number of likely N-dealkylation sites (tertiary alicyclic amines) is 1. The largest absolute Gasteiger partial charge is 0.496 e. The molecule has 2 unspecified atom stereocenters. The van der Waals surface area contributed by atoms with Crippen LogP contribution in [0.4, 0.5) is 4.39 Å². The summed E-state index contributed by atoms with van der Waals surface area (Å²) in [5, 5.41) is 10.6. The zero-order chi connectivity index (χ0) is 25.2. The zero-order valence-electron chi connectivity index (χ0n) is 20.3. The highest BCUT2D eigenvalue weighted by molar-refractivity contribution is 5.85. The Labute approximate surface area is 208 Å². The van der Waals surface area contributed by atoms with E-state index in [9.17, 15) is 14.0 Å². The number of halogens is 1. The number of hydrogen-bond acceptors (Lipinski definition) is 5. The van der Waals surface area contributed by atoms with Crippen LogP contribution < -0.4 is 10.1 Å². The van der Waals surface area contributed by atoms with Gasteiger partial charge in [-0.25, -0.2) is 4.39 Å². The third-order valence-corrected chi connectivity index (χ3v) is 6.82. The topological polar surface area (TPSA) is 100 Å². The number of H-pyrrole nitrogens is 1. The van der Waals surface area contributed by atoms with E-state index >= 15 is 0 Å². The highest BCUT2D eigenvalue weighted by atomic mass is 19.1. The van der Waals surface area contributed by atoms with Gasteiger partial charge >= 0.3 is 0 Å². The molecule has 9 heteroatoms. The van der Waals surface area contributed by atoms with Crippen molar-refractivity contribution in [1.82, 2.24) is 25.4 Å². The number of aromatic nitrogens is 3. The van der Waals surface area contributed by atoms with Gasteiger partial charge in [-0.15, -0.1) is 0 Å². The molecule has 2 aromatic heterocycles. The second-order valence-corrected chi connectivity index (χ2v) is 9.26. The lowest BCUT2D eigenvalue weighted by molar-refractivity contribution is -0.136. The molecule has 1 saturated heterocycles. The number of carbonyl (C=O) groups excluding carboxylic acids is 2. The Morgan fingerprint density at radius 3 is 3.00 bits per heavy atom. The average molecular weight is 490 g/mol. The summed E-state index contributed by atoms with van der Waals surface area (Å²) >= 11 is 0. The molecule has 2 aliphatic rings. The summed E-state index contributed by atoms with van der Waals surface area (Å²) in [5.74, 6) is -0.537. The molecule has 2 amide bonds. The number of piperidine rings is 1. The monoisotopic (exact) mass is 489 g/mol. The van der Waals surface area contributed by atoms with Gasteiger partial charge in [-0.2, -0.15) is 5.10 Å². The highest BCUT2D eigenvalue weighted by Gasteiger charge is 2.31. The maximum absolute atomic E-state index is 14.4. The molecular formula is C27H28FN5O3. The Balaban J connectivity index is 1.26. The zero-order valence-corrected chi connectivity index (χ0v) is 20.3. The van der Waals surface area contributed by atoms with Crippen molar-refractivity contribution in [1.29, 1.82) is 0 Å². The molecule has 0 spiro atoms. The van der Waals surface area contributed by atoms with E-state index in [0.29, 0.717) is 37.1 Å². The van der Waals surface area contributed by atoms with E-state index in [-0.39, 0.29) is 30.3 Å². The highest BCUT2D eigenvalue weighted by Crippen LogP contribution is 2.31. The summed E-state index contributed by atoms with van der Waals surface area (Å²) < 4.78 is 19.7. The average Bonchev–Trinajstić information content (AvgIpc) is 3.30. The molecule has 1 fully saturated rings. The summed E-state index contributed by atoms with van der Waals surface area (Å²) in [6.07, 6.45) is 6.89. The Morgan fingerprint density at radius 1 is 1.33 bits per heavy atom. The lowest BCUT2D eigenvalue weighted by Crippen LogP contribution is -2.51. The van der Waals surface area contributed by atoms with Crippen molar-refractivity contribution in [3.8, 4) is 17.0 Å². The van der Waals surface area contributed by atoms with Gasteiger partial charge in [0.15, 0.2) is 0 Å². The van der Waals surface area contributed by atoms with E-state index in [1.165, 1.54) is 13.2 Å². The molecule has 186 valence electrons. The molecule has 1 aliphatic carbocycles. The number of benzene rings is 1. The van der Waals surface area contributed by atoms with Crippen LogP contribution in [0.5, 0.6) is 5.75 Å². The minimum Gasteiger partial charge on any atom is -0.496 e. The van der Waals surface area contributed by atoms with E-state index in [0.717, 1.165) is 28.2 Å². The molecule has 3 heterocycles. The van der Waals surface area contributed by atoms with Gasteiger partial charge in [0.1, 0.15) is 11.6 Å². The SMILES string of the molecule is COc1cccc(F)c1CN1CC(NC(=O)C2C=Cc3[nH]nc(-c4ccnc(C)c4)c3C2)CCC1=O. The fourth-order valence-electron chi connectivity index (χ4n) is 4.90. The molecule has 8 nitrogen and oxygen atoms in total. The molecule has 0 bridgehead atoms. The van der Waals surface area contributed by atoms with Gasteiger partial charge in [-0.05, 0) is 50.1 Å². The number of aryl methyl sites for hydroxylation is 1. The molecule has 0 saturated carbocycles. The number of nitrogens with zero attached hydrogens (tertiary/aromatic N) is 3. The van der Waals surface area contributed by atoms with Gasteiger partial charge in [0.2, 0.25) is 11.8 Å². The Kier molecular flexibility index (Phi) is 6.54. The molecule has 5 rings (SSSR count). The van der Waals surface area contributed by atoms with E-state index in [4.69, 9.17) is 4.74 Å². The molecule has 3 aromatic rings. The van der Waals surface area contributed by atoms with Gasteiger partial charge in [0.05, 0.1) is 31.0 Å². The molecule has 2 atom stereocenters. The standard InChI is InChI=1S/C27H28FN5O3/c1-16-12-17(10-11-29-16)26-20-13-18(6-8-23(20)31-32-26)27(35)30-19-7-9-25(34)33(14-19)15-21-22(28)4-3-5-24(21)36-2/h3-6,8,10-12,18-19H,7,9,13-15H2,1-2H3,(H,30,35)(H,31,32). The van der Waals surface area contributed by atoms with Gasteiger partial charge in [0.25, 0.3) is 0 Å². The minimum atomic E-state index is -0.420. The van der Waals surface area contributed by atoms with Crippen LogP contribution in [0, 0.1) is 18.7 Å². The second-order valence-electron chi connectivity index (χ2n) is 9.26. The van der Waals surface area contributed by atoms with Crippen molar-refractivity contribution in [2.45, 2.75) is 38.8 Å². The van der Waals surface area contributed by atoms with E-state index < -0.39 is 5.82 Å². The van der Waals surface area contributed by atoms with Gasteiger partial charge in [0, 0.05) is 47.6 Å². The third-order valence-electron chi connectivity index (χ3n) is 6.82. The number of nitrogens with one attached hydrogen (secondary N) is 2. The number of fused-ring (bicyclic) bond motifs is 1. The summed E-state index contributed by atoms with van der Waals surface area (Å²) in [7, 11) is 1.48. The first kappa shape index (κ1) is 23.7. The number of aromatic amines is 1. The van der Waals surface area contributed by atoms with E-state index in [1.54, 1.807) is 23.2 Å². The van der Waals surface area contributed by atoms with Crippen LogP contribution in [0.25, 0.3) is 17.3 Å². The fourth-order valence-corrected chi connectivity index (χ4v) is 4.90. The molecular weight excluding hydrogens is 461 g/mol. The number of pyridine rings is 1. The first-order valence-corrected chi connectivity index (χ1v) is 12.0. The van der Waals surface area contributed by atoms with Crippen LogP contribution in [0.1, 0.15) is 35.4 Å². The minimum absolute atomic E-state index is 0.0660. The number of hydrogen-bond donors (Lipinski definition) is 2. The number of ether oxygens (including phenoxy) is 1. The lowest BCUT2D eigenvalue weighted by atomic mass is 9.89. The first-order chi connectivity index (χ1) is 17.4. The summed E-state index contributed by atoms with van der Waals surface area (Å²) in [6, 6.07) is 8.27. The Hall–Kier alpha value is -4.01. The maximum atomic E-state index is 14.4. The Morgan fingerprint density at radius 2 is 2.19 bits per heavy atom. The smallest absolute Gasteiger partial charge is 0.227 e. The Bertz CT molecular complexity index is 1330. The second kappa shape index (κ2) is 9.93. The molecule has 1 aromatic carbocycles. The van der Waals surface area contributed by atoms with Crippen LogP contribution in [0.2, 0.25) is 0 Å². The van der Waals surface area contributed by atoms with Crippen LogP contribution in [-0.4, -0.2) is 51.6 Å². The van der Waals surface area contributed by atoms with Crippen LogP contribution in [0.3, 0.4) is 0 Å². The molecule has 1 aliphatic heterocycles. The molecule has 36 heavy (non-hydrogen) atoms. The molecule has 2 N–H and O–H groups in total. The van der Waals surface area contributed by atoms with Gasteiger partial charge in [-0.1, -0.05) is 12.1 Å². The van der Waals surface area contributed by atoms with Crippen molar-refractivity contribution in [3.05, 3.63) is 70.9 Å². The van der Waals surface area contributed by atoms with Gasteiger partial charge < -0.3 is 15.0 Å². The number of amides is 2. The van der Waals surface area contributed by atoms with Crippen LogP contribution in [-0.2, 0) is 22.6 Å². The predicted molar refractivity (Wildman–Crippen MR) is 132 cm³/mol. The van der Waals surface area contributed by atoms with Gasteiger partial charge in [-0.3, -0.25) is 19.7 Å². The lowest BCUT2D eigenvalue weighted by Gasteiger charge is -2.34.